The lowest BCUT2D eigenvalue weighted by Crippen LogP contribution is -2.33. The lowest BCUT2D eigenvalue weighted by atomic mass is 10.0. The number of hydrogen-bond donors (Lipinski definition) is 1. The zero-order valence-corrected chi connectivity index (χ0v) is 13.3. The molecule has 1 aliphatic heterocycles. The van der Waals surface area contributed by atoms with Crippen molar-refractivity contribution < 1.29 is 4.79 Å². The van der Waals surface area contributed by atoms with Crippen LogP contribution in [0.5, 0.6) is 0 Å². The number of amides is 1. The van der Waals surface area contributed by atoms with Crippen LogP contribution < -0.4 is 5.73 Å². The van der Waals surface area contributed by atoms with Crippen LogP contribution in [0.4, 0.5) is 0 Å². The number of piperidine rings is 1. The van der Waals surface area contributed by atoms with Gasteiger partial charge in [-0.3, -0.25) is 4.79 Å². The minimum absolute atomic E-state index is 0.271. The Labute approximate surface area is 125 Å². The first-order chi connectivity index (χ1) is 9.13. The predicted octanol–water partition coefficient (Wildman–Crippen LogP) is 1.55. The first kappa shape index (κ1) is 15.1. The van der Waals surface area contributed by atoms with Gasteiger partial charge in [0.25, 0.3) is 0 Å². The molecule has 1 aromatic heterocycles. The van der Waals surface area contributed by atoms with E-state index < -0.39 is 0 Å². The molecular weight excluding hydrogens is 300 g/mol. The molecule has 8 heteroatoms. The fourth-order valence-electron chi connectivity index (χ4n) is 2.05. The first-order valence-corrected chi connectivity index (χ1v) is 8.98. The van der Waals surface area contributed by atoms with Crippen molar-refractivity contribution in [3.05, 3.63) is 0 Å². The monoisotopic (exact) mass is 318 g/mol. The lowest BCUT2D eigenvalue weighted by molar-refractivity contribution is -0.115. The molecule has 5 nitrogen and oxygen atoms in total. The highest BCUT2D eigenvalue weighted by Gasteiger charge is 2.18. The summed E-state index contributed by atoms with van der Waals surface area (Å²) in [6.07, 6.45) is 2.59. The Morgan fingerprint density at radius 3 is 2.89 bits per heavy atom. The highest BCUT2D eigenvalue weighted by Crippen LogP contribution is 2.31. The van der Waals surface area contributed by atoms with Crippen LogP contribution in [0.15, 0.2) is 8.68 Å². The summed E-state index contributed by atoms with van der Waals surface area (Å²) in [5.74, 6) is 1.79. The largest absolute Gasteiger partial charge is 0.369 e. The van der Waals surface area contributed by atoms with Crippen LogP contribution in [0.3, 0.4) is 0 Å². The molecule has 1 saturated heterocycles. The molecule has 1 aliphatic rings. The van der Waals surface area contributed by atoms with Gasteiger partial charge in [-0.15, -0.1) is 10.2 Å². The number of nitrogens with two attached hydrogens (primary N) is 1. The summed E-state index contributed by atoms with van der Waals surface area (Å²) < 4.78 is 1.81. The zero-order valence-electron chi connectivity index (χ0n) is 10.9. The van der Waals surface area contributed by atoms with Crippen LogP contribution in [0.25, 0.3) is 0 Å². The van der Waals surface area contributed by atoms with Crippen LogP contribution in [-0.2, 0) is 4.79 Å². The Kier molecular flexibility index (Phi) is 5.93. The topological polar surface area (TPSA) is 72.1 Å². The number of hydrogen-bond acceptors (Lipinski definition) is 7. The van der Waals surface area contributed by atoms with E-state index in [2.05, 4.69) is 22.1 Å². The van der Waals surface area contributed by atoms with E-state index in [1.807, 2.05) is 0 Å². The summed E-state index contributed by atoms with van der Waals surface area (Å²) in [4.78, 5) is 13.1. The third-order valence-corrected chi connectivity index (χ3v) is 6.33. The summed E-state index contributed by atoms with van der Waals surface area (Å²) >= 11 is 4.68. The Hall–Kier alpha value is -0.310. The number of rotatable bonds is 6. The van der Waals surface area contributed by atoms with Gasteiger partial charge in [-0.2, -0.15) is 0 Å². The van der Waals surface area contributed by atoms with Crippen molar-refractivity contribution in [2.75, 3.05) is 31.6 Å². The average molecular weight is 318 g/mol. The predicted molar refractivity (Wildman–Crippen MR) is 80.8 cm³/mol. The van der Waals surface area contributed by atoms with Gasteiger partial charge in [-0.05, 0) is 32.4 Å². The second kappa shape index (κ2) is 7.47. The summed E-state index contributed by atoms with van der Waals surface area (Å²) in [5, 5.41) is 8.20. The van der Waals surface area contributed by atoms with Gasteiger partial charge in [0.1, 0.15) is 0 Å². The molecule has 1 atom stereocenters. The third kappa shape index (κ3) is 5.29. The van der Waals surface area contributed by atoms with Gasteiger partial charge in [0.05, 0.1) is 5.75 Å². The Balaban J connectivity index is 1.75. The van der Waals surface area contributed by atoms with Gasteiger partial charge in [0, 0.05) is 12.3 Å². The first-order valence-electron chi connectivity index (χ1n) is 6.19. The molecule has 0 spiro atoms. The van der Waals surface area contributed by atoms with E-state index >= 15 is 0 Å². The van der Waals surface area contributed by atoms with E-state index in [1.165, 1.54) is 37.7 Å². The minimum Gasteiger partial charge on any atom is -0.369 e. The van der Waals surface area contributed by atoms with Gasteiger partial charge < -0.3 is 10.6 Å². The summed E-state index contributed by atoms with van der Waals surface area (Å²) in [6.45, 7) is 2.39. The van der Waals surface area contributed by atoms with Crippen molar-refractivity contribution in [2.24, 2.45) is 11.7 Å². The number of primary amides is 1. The quantitative estimate of drug-likeness (QED) is 0.802. The van der Waals surface area contributed by atoms with Crippen molar-refractivity contribution in [3.63, 3.8) is 0 Å². The normalized spacial score (nSPS) is 20.6. The maximum Gasteiger partial charge on any atom is 0.227 e. The fourth-order valence-corrected chi connectivity index (χ4v) is 4.96. The molecule has 1 amide bonds. The molecule has 0 saturated carbocycles. The van der Waals surface area contributed by atoms with Crippen LogP contribution in [0.1, 0.15) is 12.8 Å². The molecule has 1 fully saturated rings. The van der Waals surface area contributed by atoms with E-state index in [9.17, 15) is 4.79 Å². The summed E-state index contributed by atoms with van der Waals surface area (Å²) in [5.41, 5.74) is 5.10. The molecule has 19 heavy (non-hydrogen) atoms. The van der Waals surface area contributed by atoms with Crippen LogP contribution in [0, 0.1) is 5.92 Å². The van der Waals surface area contributed by atoms with Crippen molar-refractivity contribution in [2.45, 2.75) is 21.5 Å². The van der Waals surface area contributed by atoms with E-state index in [1.54, 1.807) is 23.1 Å². The van der Waals surface area contributed by atoms with Gasteiger partial charge in [-0.25, -0.2) is 0 Å². The smallest absolute Gasteiger partial charge is 0.227 e. The van der Waals surface area contributed by atoms with Crippen molar-refractivity contribution >= 4 is 40.8 Å². The number of thioether (sulfide) groups is 2. The van der Waals surface area contributed by atoms with E-state index in [4.69, 9.17) is 5.73 Å². The minimum atomic E-state index is -0.320. The molecule has 2 heterocycles. The van der Waals surface area contributed by atoms with Gasteiger partial charge >= 0.3 is 0 Å². The molecule has 2 N–H and O–H groups in total. The fraction of sp³-hybridized carbons (Fsp3) is 0.727. The van der Waals surface area contributed by atoms with Gasteiger partial charge in [0.15, 0.2) is 8.68 Å². The molecule has 0 unspecified atom stereocenters. The van der Waals surface area contributed by atoms with E-state index in [0.29, 0.717) is 0 Å². The number of carbonyl (C=O) groups is 1. The summed E-state index contributed by atoms with van der Waals surface area (Å²) in [7, 11) is 2.18. The number of likely N-dealkylation sites (tertiary alicyclic amines) is 1. The Morgan fingerprint density at radius 2 is 2.21 bits per heavy atom. The van der Waals surface area contributed by atoms with Crippen LogP contribution in [-0.4, -0.2) is 52.6 Å². The number of nitrogens with zero attached hydrogens (tertiary/aromatic N) is 3. The molecule has 106 valence electrons. The van der Waals surface area contributed by atoms with Crippen molar-refractivity contribution in [1.29, 1.82) is 0 Å². The molecule has 1 aromatic rings. The van der Waals surface area contributed by atoms with Crippen LogP contribution >= 0.6 is 34.9 Å². The second-order valence-corrected chi connectivity index (χ2v) is 8.14. The molecule has 0 radical (unpaired) electrons. The van der Waals surface area contributed by atoms with E-state index in [-0.39, 0.29) is 11.7 Å². The van der Waals surface area contributed by atoms with Crippen LogP contribution in [0.2, 0.25) is 0 Å². The highest BCUT2D eigenvalue weighted by atomic mass is 32.2. The third-order valence-electron chi connectivity index (χ3n) is 2.89. The van der Waals surface area contributed by atoms with Crippen molar-refractivity contribution in [3.8, 4) is 0 Å². The second-order valence-electron chi connectivity index (χ2n) is 4.67. The maximum atomic E-state index is 10.7. The summed E-state index contributed by atoms with van der Waals surface area (Å²) in [6, 6.07) is 0. The Morgan fingerprint density at radius 1 is 1.47 bits per heavy atom. The highest BCUT2D eigenvalue weighted by molar-refractivity contribution is 8.03. The molecule has 0 aromatic carbocycles. The maximum absolute atomic E-state index is 10.7. The number of aromatic nitrogens is 2. The SMILES string of the molecule is CN1CCC[C@H](CSc2nnc(SCC(N)=O)s2)C1. The standard InChI is InChI=1S/C11H18N4OS3/c1-15-4-2-3-8(5-15)6-17-10-13-14-11(19-10)18-7-9(12)16/h8H,2-7H2,1H3,(H2,12,16)/t8-/m0/s1. The average Bonchev–Trinajstić information content (AvgIpc) is 2.82. The number of carbonyl (C=O) groups excluding carboxylic acids is 1. The van der Waals surface area contributed by atoms with Gasteiger partial charge in [0.2, 0.25) is 5.91 Å². The lowest BCUT2D eigenvalue weighted by Gasteiger charge is -2.29. The Bertz CT molecular complexity index is 426. The molecule has 0 bridgehead atoms. The van der Waals surface area contributed by atoms with Crippen molar-refractivity contribution in [1.82, 2.24) is 15.1 Å². The molecular formula is C11H18N4OS3. The van der Waals surface area contributed by atoms with Gasteiger partial charge in [-0.1, -0.05) is 34.9 Å². The molecule has 2 rings (SSSR count). The van der Waals surface area contributed by atoms with E-state index in [0.717, 1.165) is 20.4 Å². The zero-order chi connectivity index (χ0) is 13.7. The molecule has 0 aliphatic carbocycles.